The van der Waals surface area contributed by atoms with Gasteiger partial charge in [0.05, 0.1) is 31.7 Å². The SMILES string of the molecule is CC1CCC(CCC=O)CC1.CCC.COCC(C)(CO)COC(=O)CCN(CCC=O)C(=O)OC(C)(C)C.COCC(C)(COC(=O)CCC1CCC(C)CC1)COC(=O)CCC1CCC(C)CC1. The van der Waals surface area contributed by atoms with Crippen LogP contribution in [0.25, 0.3) is 0 Å². The van der Waals surface area contributed by atoms with Crippen LogP contribution in [-0.4, -0.2) is 119 Å². The minimum atomic E-state index is -0.674. The second-order valence-electron chi connectivity index (χ2n) is 22.7. The summed E-state index contributed by atoms with van der Waals surface area (Å²) in [6, 6.07) is 0. The van der Waals surface area contributed by atoms with E-state index in [9.17, 15) is 33.9 Å². The van der Waals surface area contributed by atoms with Crippen molar-refractivity contribution in [3.63, 3.8) is 0 Å². The number of nitrogens with zero attached hydrogens (tertiary/aromatic N) is 1. The number of esters is 3. The van der Waals surface area contributed by atoms with Crippen molar-refractivity contribution in [3.8, 4) is 0 Å². The number of hydrogen-bond donors (Lipinski definition) is 1. The van der Waals surface area contributed by atoms with Crippen LogP contribution in [0.3, 0.4) is 0 Å². The molecule has 14 heteroatoms. The molecule has 70 heavy (non-hydrogen) atoms. The average molecular weight is 998 g/mol. The third-order valence-corrected chi connectivity index (χ3v) is 13.5. The number of aliphatic hydroxyl groups is 1. The maximum atomic E-state index is 12.3. The van der Waals surface area contributed by atoms with Gasteiger partial charge in [-0.15, -0.1) is 0 Å². The van der Waals surface area contributed by atoms with Crippen molar-refractivity contribution in [1.82, 2.24) is 4.90 Å². The summed E-state index contributed by atoms with van der Waals surface area (Å²) in [6.45, 7) is 21.3. The van der Waals surface area contributed by atoms with Crippen LogP contribution in [-0.2, 0) is 52.4 Å². The largest absolute Gasteiger partial charge is 0.465 e. The molecule has 1 amide bonds. The highest BCUT2D eigenvalue weighted by molar-refractivity contribution is 5.72. The number of carbonyl (C=O) groups is 6. The van der Waals surface area contributed by atoms with Crippen molar-refractivity contribution in [1.29, 1.82) is 0 Å². The first-order chi connectivity index (χ1) is 33.1. The molecule has 1 N–H and O–H groups in total. The van der Waals surface area contributed by atoms with Gasteiger partial charge in [0.25, 0.3) is 0 Å². The zero-order valence-electron chi connectivity index (χ0n) is 46.4. The van der Waals surface area contributed by atoms with Gasteiger partial charge in [-0.05, 0) is 75.5 Å². The van der Waals surface area contributed by atoms with E-state index in [4.69, 9.17) is 28.4 Å². The van der Waals surface area contributed by atoms with Crippen molar-refractivity contribution in [2.45, 2.75) is 210 Å². The van der Waals surface area contributed by atoms with Crippen LogP contribution in [0.2, 0.25) is 0 Å². The summed E-state index contributed by atoms with van der Waals surface area (Å²) < 4.78 is 31.9. The average Bonchev–Trinajstić information content (AvgIpc) is 3.32. The van der Waals surface area contributed by atoms with E-state index in [2.05, 4.69) is 34.6 Å². The van der Waals surface area contributed by atoms with E-state index in [1.807, 2.05) is 6.92 Å². The van der Waals surface area contributed by atoms with Gasteiger partial charge in [-0.3, -0.25) is 14.4 Å². The smallest absolute Gasteiger partial charge is 0.410 e. The van der Waals surface area contributed by atoms with Gasteiger partial charge in [0, 0.05) is 58.4 Å². The fraction of sp³-hybridized carbons (Fsp3) is 0.893. The van der Waals surface area contributed by atoms with Gasteiger partial charge in [0.2, 0.25) is 0 Å². The molecule has 3 rings (SSSR count). The highest BCUT2D eigenvalue weighted by Crippen LogP contribution is 2.33. The summed E-state index contributed by atoms with van der Waals surface area (Å²) in [5.41, 5.74) is -1.85. The van der Waals surface area contributed by atoms with Gasteiger partial charge in [0.15, 0.2) is 0 Å². The summed E-state index contributed by atoms with van der Waals surface area (Å²) in [6.07, 6.45) is 22.7. The Bertz CT molecular complexity index is 1350. The molecule has 410 valence electrons. The normalized spacial score (nSPS) is 22.8. The number of aliphatic hydroxyl groups excluding tert-OH is 1. The lowest BCUT2D eigenvalue weighted by Gasteiger charge is -2.29. The Morgan fingerprint density at radius 2 is 0.886 bits per heavy atom. The minimum absolute atomic E-state index is 0.0109. The van der Waals surface area contributed by atoms with E-state index in [1.165, 1.54) is 95.5 Å². The molecular weight excluding hydrogens is 895 g/mol. The highest BCUT2D eigenvalue weighted by Gasteiger charge is 2.30. The minimum Gasteiger partial charge on any atom is -0.465 e. The van der Waals surface area contributed by atoms with Gasteiger partial charge in [-0.25, -0.2) is 4.79 Å². The van der Waals surface area contributed by atoms with Crippen molar-refractivity contribution in [3.05, 3.63) is 0 Å². The number of ether oxygens (including phenoxy) is 6. The van der Waals surface area contributed by atoms with Crippen molar-refractivity contribution < 1.29 is 62.3 Å². The Balaban J connectivity index is 0.00000108. The van der Waals surface area contributed by atoms with E-state index < -0.39 is 28.5 Å². The fourth-order valence-electron chi connectivity index (χ4n) is 8.79. The topological polar surface area (TPSA) is 181 Å². The van der Waals surface area contributed by atoms with E-state index in [1.54, 1.807) is 34.8 Å². The van der Waals surface area contributed by atoms with Crippen molar-refractivity contribution >= 4 is 36.6 Å². The first-order valence-corrected chi connectivity index (χ1v) is 27.0. The summed E-state index contributed by atoms with van der Waals surface area (Å²) >= 11 is 0. The van der Waals surface area contributed by atoms with Crippen molar-refractivity contribution in [2.75, 3.05) is 67.0 Å². The Hall–Kier alpha value is -3.10. The Labute approximate surface area is 425 Å². The van der Waals surface area contributed by atoms with Crippen molar-refractivity contribution in [2.24, 2.45) is 46.3 Å². The second kappa shape index (κ2) is 38.5. The first kappa shape index (κ1) is 66.9. The second-order valence-corrected chi connectivity index (χ2v) is 22.7. The molecule has 14 nitrogen and oxygen atoms in total. The third-order valence-electron chi connectivity index (χ3n) is 13.5. The molecule has 3 fully saturated rings. The molecule has 3 aliphatic carbocycles. The van der Waals surface area contributed by atoms with Crippen LogP contribution in [0.4, 0.5) is 4.79 Å². The number of rotatable bonds is 26. The molecule has 0 saturated heterocycles. The number of methoxy groups -OCH3 is 2. The molecule has 0 heterocycles. The zero-order chi connectivity index (χ0) is 53.0. The Kier molecular flexibility index (Phi) is 36.8. The van der Waals surface area contributed by atoms with Gasteiger partial charge in [0.1, 0.15) is 38.0 Å². The van der Waals surface area contributed by atoms with Crippen LogP contribution in [0, 0.1) is 46.3 Å². The molecule has 0 radical (unpaired) electrons. The fourth-order valence-corrected chi connectivity index (χ4v) is 8.79. The summed E-state index contributed by atoms with van der Waals surface area (Å²) in [5.74, 6) is 3.94. The molecular formula is C56H103NO13. The summed E-state index contributed by atoms with van der Waals surface area (Å²) in [4.78, 5) is 70.5. The van der Waals surface area contributed by atoms with Crippen LogP contribution in [0.15, 0.2) is 0 Å². The van der Waals surface area contributed by atoms with Gasteiger partial charge >= 0.3 is 24.0 Å². The molecule has 3 aliphatic rings. The summed E-state index contributed by atoms with van der Waals surface area (Å²) in [5, 5.41) is 9.35. The molecule has 0 bridgehead atoms. The van der Waals surface area contributed by atoms with E-state index in [-0.39, 0.29) is 70.9 Å². The molecule has 0 aromatic heterocycles. The maximum absolute atomic E-state index is 12.3. The van der Waals surface area contributed by atoms with Crippen LogP contribution < -0.4 is 0 Å². The first-order valence-electron chi connectivity index (χ1n) is 27.0. The molecule has 0 aromatic rings. The lowest BCUT2D eigenvalue weighted by Crippen LogP contribution is -2.39. The Morgan fingerprint density at radius 1 is 0.529 bits per heavy atom. The standard InChI is InChI=1S/C26H46O5.C17H31NO7.C10H18O.C3H8/c1-20-5-9-22(10-6-20)13-15-24(27)30-18-26(3,17-29-4)19-31-25(28)16-14-23-11-7-21(2)8-12-23;1-16(2,3)25-15(22)18(8-6-10-19)9-7-14(21)24-13-17(4,11-20)12-23-5;1-9-4-6-10(7-5-9)3-2-8-11;1-3-2/h20-23H,5-19H2,1-4H3;10,20H,6-9,11-13H2,1-5H3;8-10H,2-7H2,1H3;3H2,1-2H3. The number of aldehydes is 2. The van der Waals surface area contributed by atoms with Crippen LogP contribution in [0.5, 0.6) is 0 Å². The number of carbonyl (C=O) groups excluding carboxylic acids is 6. The van der Waals surface area contributed by atoms with E-state index in [0.717, 1.165) is 55.6 Å². The lowest BCUT2D eigenvalue weighted by molar-refractivity contribution is -0.156. The Morgan fingerprint density at radius 3 is 1.24 bits per heavy atom. The predicted molar refractivity (Wildman–Crippen MR) is 276 cm³/mol. The summed E-state index contributed by atoms with van der Waals surface area (Å²) in [7, 11) is 3.12. The number of hydrogen-bond acceptors (Lipinski definition) is 13. The lowest BCUT2D eigenvalue weighted by atomic mass is 9.81. The molecule has 0 spiro atoms. The zero-order valence-corrected chi connectivity index (χ0v) is 46.4. The quantitative estimate of drug-likeness (QED) is 0.0491. The maximum Gasteiger partial charge on any atom is 0.410 e. The van der Waals surface area contributed by atoms with Gasteiger partial charge < -0.3 is 48.0 Å². The monoisotopic (exact) mass is 998 g/mol. The predicted octanol–water partition coefficient (Wildman–Crippen LogP) is 11.5. The molecule has 1 unspecified atom stereocenters. The molecule has 0 aromatic carbocycles. The van der Waals surface area contributed by atoms with E-state index in [0.29, 0.717) is 37.6 Å². The number of amides is 1. The molecule has 0 aliphatic heterocycles. The van der Waals surface area contributed by atoms with Gasteiger partial charge in [-0.2, -0.15) is 0 Å². The van der Waals surface area contributed by atoms with E-state index >= 15 is 0 Å². The van der Waals surface area contributed by atoms with Crippen LogP contribution >= 0.6 is 0 Å². The molecule has 1 atom stereocenters. The van der Waals surface area contributed by atoms with Crippen LogP contribution in [0.1, 0.15) is 204 Å². The molecule has 3 saturated carbocycles. The third kappa shape index (κ3) is 34.3. The highest BCUT2D eigenvalue weighted by atomic mass is 16.6. The van der Waals surface area contributed by atoms with Gasteiger partial charge in [-0.1, -0.05) is 132 Å².